The van der Waals surface area contributed by atoms with E-state index in [4.69, 9.17) is 4.74 Å². The minimum atomic E-state index is -4.47. The van der Waals surface area contributed by atoms with Crippen LogP contribution in [0.3, 0.4) is 0 Å². The average molecular weight is 814 g/mol. The number of ether oxygens (including phenoxy) is 1. The number of nitrogens with one attached hydrogen (secondary N) is 3. The first-order valence-corrected chi connectivity index (χ1v) is 19.8. The van der Waals surface area contributed by atoms with Crippen molar-refractivity contribution < 1.29 is 36.3 Å². The number of rotatable bonds is 13. The van der Waals surface area contributed by atoms with E-state index in [-0.39, 0.29) is 22.9 Å². The molecule has 1 atom stereocenters. The molecule has 302 valence electrons. The second-order valence-corrected chi connectivity index (χ2v) is 16.1. The van der Waals surface area contributed by atoms with Gasteiger partial charge in [-0.1, -0.05) is 42.5 Å². The highest BCUT2D eigenvalue weighted by atomic mass is 32.2. The molecule has 1 saturated carbocycles. The molecule has 0 saturated heterocycles. The third kappa shape index (κ3) is 8.46. The van der Waals surface area contributed by atoms with Crippen LogP contribution in [0.1, 0.15) is 59.4 Å². The molecule has 0 aliphatic heterocycles. The molecule has 0 spiro atoms. The highest BCUT2D eigenvalue weighted by Gasteiger charge is 2.51. The number of sulfonamides is 1. The van der Waals surface area contributed by atoms with Gasteiger partial charge in [0.1, 0.15) is 17.7 Å². The van der Waals surface area contributed by atoms with Crippen LogP contribution in [0.2, 0.25) is 0 Å². The Morgan fingerprint density at radius 3 is 2.12 bits per heavy atom. The summed E-state index contributed by atoms with van der Waals surface area (Å²) >= 11 is 0. The van der Waals surface area contributed by atoms with Gasteiger partial charge < -0.3 is 19.9 Å². The first-order chi connectivity index (χ1) is 27.4. The monoisotopic (exact) mass is 813 g/mol. The summed E-state index contributed by atoms with van der Waals surface area (Å²) in [6.07, 6.45) is 0.586. The Morgan fingerprint density at radius 1 is 0.879 bits per heavy atom. The Bertz CT molecular complexity index is 2600. The van der Waals surface area contributed by atoms with Gasteiger partial charge in [-0.3, -0.25) is 19.1 Å². The topological polar surface area (TPSA) is 175 Å². The SMILES string of the molecule is Cc1c(C)n(C)c(=O)n(-c2ccc(C[C@H](NC(=O)c3cc(F)c(NS(=O)(=O)c4ccc(NC(=O)C5(c6ccccc6)CC5)cc4)cc3F)C(=O)OC(C)C)cc2)c1=O. The molecule has 0 unspecified atom stereocenters. The number of esters is 1. The Morgan fingerprint density at radius 2 is 1.52 bits per heavy atom. The number of hydrogen-bond donors (Lipinski definition) is 3. The zero-order chi connectivity index (χ0) is 42.1. The molecular weight excluding hydrogens is 773 g/mol. The summed E-state index contributed by atoms with van der Waals surface area (Å²) in [4.78, 5) is 65.0. The number of carbonyl (C=O) groups excluding carboxylic acids is 3. The van der Waals surface area contributed by atoms with Crippen LogP contribution < -0.4 is 26.6 Å². The second-order valence-electron chi connectivity index (χ2n) is 14.4. The molecule has 6 rings (SSSR count). The molecule has 0 radical (unpaired) electrons. The van der Waals surface area contributed by atoms with E-state index in [9.17, 15) is 32.4 Å². The molecule has 5 aromatic rings. The smallest absolute Gasteiger partial charge is 0.335 e. The van der Waals surface area contributed by atoms with Gasteiger partial charge in [-0.05, 0) is 94.1 Å². The van der Waals surface area contributed by atoms with E-state index in [1.165, 1.54) is 53.1 Å². The molecule has 13 nitrogen and oxygen atoms in total. The van der Waals surface area contributed by atoms with Crippen LogP contribution in [0, 0.1) is 25.5 Å². The van der Waals surface area contributed by atoms with Gasteiger partial charge in [0.15, 0.2) is 0 Å². The third-order valence-corrected chi connectivity index (χ3v) is 11.5. The normalized spacial score (nSPS) is 13.7. The van der Waals surface area contributed by atoms with Crippen molar-refractivity contribution in [1.29, 1.82) is 0 Å². The maximum Gasteiger partial charge on any atom is 0.335 e. The summed E-state index contributed by atoms with van der Waals surface area (Å²) in [5, 5.41) is 5.19. The van der Waals surface area contributed by atoms with E-state index >= 15 is 8.78 Å². The van der Waals surface area contributed by atoms with Gasteiger partial charge in [0.05, 0.1) is 33.4 Å². The van der Waals surface area contributed by atoms with Crippen LogP contribution in [0.25, 0.3) is 5.69 Å². The number of nitrogens with zero attached hydrogens (tertiary/aromatic N) is 2. The van der Waals surface area contributed by atoms with Crippen LogP contribution in [-0.4, -0.2) is 47.5 Å². The van der Waals surface area contributed by atoms with Crippen LogP contribution in [0.15, 0.2) is 105 Å². The van der Waals surface area contributed by atoms with Crippen molar-refractivity contribution in [3.8, 4) is 5.69 Å². The summed E-state index contributed by atoms with van der Waals surface area (Å²) in [5.74, 6) is -4.85. The van der Waals surface area contributed by atoms with Crippen molar-refractivity contribution in [2.75, 3.05) is 10.0 Å². The maximum atomic E-state index is 15.4. The van der Waals surface area contributed by atoms with E-state index in [0.29, 0.717) is 47.5 Å². The van der Waals surface area contributed by atoms with Crippen molar-refractivity contribution in [3.05, 3.63) is 151 Å². The van der Waals surface area contributed by atoms with Gasteiger partial charge in [-0.25, -0.2) is 31.4 Å². The molecule has 2 amide bonds. The Labute approximate surface area is 332 Å². The van der Waals surface area contributed by atoms with E-state index in [0.717, 1.165) is 10.1 Å². The lowest BCUT2D eigenvalue weighted by molar-refractivity contribution is -0.149. The van der Waals surface area contributed by atoms with Crippen LogP contribution in [0.4, 0.5) is 20.2 Å². The number of halogens is 2. The zero-order valence-electron chi connectivity index (χ0n) is 32.3. The molecule has 4 aromatic carbocycles. The molecule has 1 aliphatic carbocycles. The van der Waals surface area contributed by atoms with Crippen molar-refractivity contribution in [3.63, 3.8) is 0 Å². The highest BCUT2D eigenvalue weighted by molar-refractivity contribution is 7.92. The van der Waals surface area contributed by atoms with E-state index in [1.54, 1.807) is 34.7 Å². The van der Waals surface area contributed by atoms with E-state index in [1.807, 2.05) is 35.1 Å². The summed E-state index contributed by atoms with van der Waals surface area (Å²) in [6, 6.07) is 20.2. The van der Waals surface area contributed by atoms with Gasteiger partial charge in [-0.2, -0.15) is 0 Å². The molecule has 1 fully saturated rings. The predicted octanol–water partition coefficient (Wildman–Crippen LogP) is 5.20. The fraction of sp³-hybridized carbons (Fsp3) is 0.262. The molecular formula is C42H41F2N5O8S. The van der Waals surface area contributed by atoms with Crippen LogP contribution in [0.5, 0.6) is 0 Å². The lowest BCUT2D eigenvalue weighted by Crippen LogP contribution is -2.44. The lowest BCUT2D eigenvalue weighted by Gasteiger charge is -2.20. The molecule has 58 heavy (non-hydrogen) atoms. The third-order valence-electron chi connectivity index (χ3n) is 10.1. The Hall–Kier alpha value is -6.42. The van der Waals surface area contributed by atoms with Crippen LogP contribution in [-0.2, 0) is 43.2 Å². The quantitative estimate of drug-likeness (QED) is 0.136. The number of amides is 2. The molecule has 1 heterocycles. The molecule has 0 bridgehead atoms. The van der Waals surface area contributed by atoms with Gasteiger partial charge in [-0.15, -0.1) is 0 Å². The van der Waals surface area contributed by atoms with Crippen molar-refractivity contribution in [2.45, 2.75) is 69.4 Å². The minimum Gasteiger partial charge on any atom is -0.461 e. The van der Waals surface area contributed by atoms with Gasteiger partial charge in [0, 0.05) is 36.5 Å². The summed E-state index contributed by atoms with van der Waals surface area (Å²) in [6.45, 7) is 6.44. The average Bonchev–Trinajstić information content (AvgIpc) is 4.01. The first kappa shape index (κ1) is 41.2. The molecule has 3 N–H and O–H groups in total. The number of carbonyl (C=O) groups is 3. The summed E-state index contributed by atoms with van der Waals surface area (Å²) in [5.41, 5.74) is -0.427. The molecule has 1 aliphatic rings. The van der Waals surface area contributed by atoms with Gasteiger partial charge in [0.2, 0.25) is 5.91 Å². The van der Waals surface area contributed by atoms with Crippen LogP contribution >= 0.6 is 0 Å². The number of aromatic nitrogens is 2. The highest BCUT2D eigenvalue weighted by Crippen LogP contribution is 2.49. The fourth-order valence-corrected chi connectivity index (χ4v) is 7.50. The number of hydrogen-bond acceptors (Lipinski definition) is 8. The Balaban J connectivity index is 1.15. The first-order valence-electron chi connectivity index (χ1n) is 18.3. The molecule has 1 aromatic heterocycles. The van der Waals surface area contributed by atoms with Crippen molar-refractivity contribution in [1.82, 2.24) is 14.5 Å². The van der Waals surface area contributed by atoms with E-state index in [2.05, 4.69) is 10.6 Å². The fourth-order valence-electron chi connectivity index (χ4n) is 6.44. The Kier molecular flexibility index (Phi) is 11.5. The van der Waals surface area contributed by atoms with Gasteiger partial charge in [0.25, 0.3) is 21.5 Å². The minimum absolute atomic E-state index is 0.171. The van der Waals surface area contributed by atoms with Gasteiger partial charge >= 0.3 is 11.7 Å². The largest absolute Gasteiger partial charge is 0.461 e. The predicted molar refractivity (Wildman–Crippen MR) is 213 cm³/mol. The molecule has 16 heteroatoms. The number of anilines is 2. The standard InChI is InChI=1S/C42H41F2N5O8S/c1-24(2)57-39(52)36(21-27-11-15-30(16-12-27)49-38(51)25(3)26(4)48(5)41(49)54)46-37(50)32-22-34(44)35(23-33(32)43)47-58(55,56)31-17-13-29(14-18-31)45-40(53)42(19-20-42)28-9-7-6-8-10-28/h6-18,22-24,36,47H,19-21H2,1-5H3,(H,45,53)(H,46,50)/t36-/m0/s1. The second kappa shape index (κ2) is 16.2. The zero-order valence-corrected chi connectivity index (χ0v) is 33.1. The summed E-state index contributed by atoms with van der Waals surface area (Å²) in [7, 11) is -2.92. The number of benzene rings is 4. The van der Waals surface area contributed by atoms with Crippen molar-refractivity contribution in [2.24, 2.45) is 7.05 Å². The summed E-state index contributed by atoms with van der Waals surface area (Å²) < 4.78 is 66.8. The van der Waals surface area contributed by atoms with Crippen molar-refractivity contribution >= 4 is 39.2 Å². The van der Waals surface area contributed by atoms with E-state index < -0.39 is 73.6 Å². The maximum absolute atomic E-state index is 15.4. The lowest BCUT2D eigenvalue weighted by atomic mass is 9.95.